The third kappa shape index (κ3) is 2.96. The number of fused-ring (bicyclic) bond motifs is 1. The molecule has 0 aliphatic carbocycles. The van der Waals surface area contributed by atoms with Crippen molar-refractivity contribution in [2.45, 2.75) is 13.0 Å². The summed E-state index contributed by atoms with van der Waals surface area (Å²) in [5, 5.41) is 13.4. The molecule has 1 amide bonds. The minimum atomic E-state index is -0.640. The highest BCUT2D eigenvalue weighted by Crippen LogP contribution is 2.21. The summed E-state index contributed by atoms with van der Waals surface area (Å²) in [7, 11) is 0. The monoisotopic (exact) mass is 296 g/mol. The summed E-state index contributed by atoms with van der Waals surface area (Å²) in [4.78, 5) is 12.5. The smallest absolute Gasteiger partial charge is 0.258 e. The van der Waals surface area contributed by atoms with Gasteiger partial charge < -0.3 is 10.1 Å². The van der Waals surface area contributed by atoms with Gasteiger partial charge in [0.25, 0.3) is 5.91 Å². The van der Waals surface area contributed by atoms with E-state index in [-0.39, 0.29) is 5.91 Å². The van der Waals surface area contributed by atoms with Crippen molar-refractivity contribution >= 4 is 22.6 Å². The fraction of sp³-hybridized carbons (Fsp3) is 0.188. The van der Waals surface area contributed by atoms with Crippen molar-refractivity contribution in [2.24, 2.45) is 0 Å². The summed E-state index contributed by atoms with van der Waals surface area (Å²) >= 11 is 0. The van der Waals surface area contributed by atoms with Crippen molar-refractivity contribution in [3.63, 3.8) is 0 Å². The van der Waals surface area contributed by atoms with Gasteiger partial charge in [-0.3, -0.25) is 4.79 Å². The molecule has 2 aromatic carbocycles. The quantitative estimate of drug-likeness (QED) is 0.758. The van der Waals surface area contributed by atoms with Crippen LogP contribution < -0.4 is 5.32 Å². The molecule has 0 saturated carbocycles. The Labute approximate surface area is 127 Å². The molecule has 0 aliphatic heterocycles. The molecular weight excluding hydrogens is 280 g/mol. The fourth-order valence-electron chi connectivity index (χ4n) is 2.24. The van der Waals surface area contributed by atoms with Crippen LogP contribution in [-0.2, 0) is 9.53 Å². The van der Waals surface area contributed by atoms with E-state index < -0.39 is 6.10 Å². The molecule has 6 nitrogen and oxygen atoms in total. The second-order valence-electron chi connectivity index (χ2n) is 4.76. The number of hydrogen-bond acceptors (Lipinski definition) is 4. The van der Waals surface area contributed by atoms with E-state index in [1.807, 2.05) is 37.3 Å². The van der Waals surface area contributed by atoms with Crippen LogP contribution in [0.2, 0.25) is 0 Å². The molecule has 0 bridgehead atoms. The van der Waals surface area contributed by atoms with Crippen molar-refractivity contribution in [3.05, 3.63) is 54.1 Å². The van der Waals surface area contributed by atoms with E-state index in [1.54, 1.807) is 18.2 Å². The van der Waals surface area contributed by atoms with E-state index >= 15 is 0 Å². The molecule has 112 valence electrons. The Morgan fingerprint density at radius 1 is 1.18 bits per heavy atom. The maximum absolute atomic E-state index is 12.5. The summed E-state index contributed by atoms with van der Waals surface area (Å²) in [6, 6.07) is 14.8. The van der Waals surface area contributed by atoms with Crippen LogP contribution in [0.25, 0.3) is 11.0 Å². The standard InChI is InChI=1S/C16H16N4O2/c1-2-22-15(11-6-4-3-5-7-11)16(21)17-12-8-9-13-14(10-12)19-20-18-13/h3-10,15H,2H2,1H3,(H,17,21)(H,18,19,20)/t15-/m1/s1. The van der Waals surface area contributed by atoms with Gasteiger partial charge in [-0.1, -0.05) is 30.3 Å². The number of hydrogen-bond donors (Lipinski definition) is 2. The predicted octanol–water partition coefficient (Wildman–Crippen LogP) is 2.67. The minimum absolute atomic E-state index is 0.212. The highest BCUT2D eigenvalue weighted by atomic mass is 16.5. The molecule has 3 aromatic rings. The van der Waals surface area contributed by atoms with E-state index in [0.717, 1.165) is 11.1 Å². The molecular formula is C16H16N4O2. The molecule has 6 heteroatoms. The van der Waals surface area contributed by atoms with Gasteiger partial charge in [-0.2, -0.15) is 15.4 Å². The zero-order valence-electron chi connectivity index (χ0n) is 12.1. The Morgan fingerprint density at radius 2 is 1.95 bits per heavy atom. The number of ether oxygens (including phenoxy) is 1. The van der Waals surface area contributed by atoms with E-state index in [1.165, 1.54) is 0 Å². The maximum Gasteiger partial charge on any atom is 0.258 e. The van der Waals surface area contributed by atoms with Crippen molar-refractivity contribution < 1.29 is 9.53 Å². The van der Waals surface area contributed by atoms with Crippen LogP contribution in [0.4, 0.5) is 5.69 Å². The Hall–Kier alpha value is -2.73. The summed E-state index contributed by atoms with van der Waals surface area (Å²) in [5.41, 5.74) is 2.93. The third-order valence-corrected chi connectivity index (χ3v) is 3.26. The lowest BCUT2D eigenvalue weighted by atomic mass is 10.1. The number of nitrogens with zero attached hydrogens (tertiary/aromatic N) is 2. The summed E-state index contributed by atoms with van der Waals surface area (Å²) in [6.07, 6.45) is -0.640. The highest BCUT2D eigenvalue weighted by Gasteiger charge is 2.21. The van der Waals surface area contributed by atoms with E-state index in [0.29, 0.717) is 17.8 Å². The Kier molecular flexibility index (Phi) is 4.11. The van der Waals surface area contributed by atoms with Crippen LogP contribution >= 0.6 is 0 Å². The molecule has 0 fully saturated rings. The summed E-state index contributed by atoms with van der Waals surface area (Å²) in [5.74, 6) is -0.212. The SMILES string of the molecule is CCO[C@@H](C(=O)Nc1ccc2n[nH]nc2c1)c1ccccc1. The van der Waals surface area contributed by atoms with E-state index in [2.05, 4.69) is 20.7 Å². The Balaban J connectivity index is 1.81. The first-order chi connectivity index (χ1) is 10.8. The Morgan fingerprint density at radius 3 is 2.73 bits per heavy atom. The molecule has 1 atom stereocenters. The number of nitrogens with one attached hydrogen (secondary N) is 2. The number of anilines is 1. The molecule has 0 aliphatic rings. The summed E-state index contributed by atoms with van der Waals surface area (Å²) in [6.45, 7) is 2.32. The lowest BCUT2D eigenvalue weighted by molar-refractivity contribution is -0.127. The first-order valence-corrected chi connectivity index (χ1v) is 7.06. The van der Waals surface area contributed by atoms with Gasteiger partial charge in [0.1, 0.15) is 11.0 Å². The van der Waals surface area contributed by atoms with Crippen LogP contribution in [0.1, 0.15) is 18.6 Å². The van der Waals surface area contributed by atoms with Crippen molar-refractivity contribution in [3.8, 4) is 0 Å². The largest absolute Gasteiger partial charge is 0.364 e. The number of amides is 1. The lowest BCUT2D eigenvalue weighted by Gasteiger charge is -2.17. The Bertz CT molecular complexity index is 770. The molecule has 0 spiro atoms. The lowest BCUT2D eigenvalue weighted by Crippen LogP contribution is -2.23. The first-order valence-electron chi connectivity index (χ1n) is 7.06. The van der Waals surface area contributed by atoms with Gasteiger partial charge in [-0.25, -0.2) is 0 Å². The van der Waals surface area contributed by atoms with Gasteiger partial charge in [0.15, 0.2) is 6.10 Å². The average molecular weight is 296 g/mol. The topological polar surface area (TPSA) is 79.9 Å². The number of aromatic nitrogens is 3. The van der Waals surface area contributed by atoms with Crippen molar-refractivity contribution in [1.82, 2.24) is 15.4 Å². The zero-order chi connectivity index (χ0) is 15.4. The molecule has 1 heterocycles. The second-order valence-corrected chi connectivity index (χ2v) is 4.76. The van der Waals surface area contributed by atoms with Crippen LogP contribution in [0.5, 0.6) is 0 Å². The fourth-order valence-corrected chi connectivity index (χ4v) is 2.24. The first kappa shape index (κ1) is 14.2. The van der Waals surface area contributed by atoms with Crippen molar-refractivity contribution in [1.29, 1.82) is 0 Å². The van der Waals surface area contributed by atoms with Gasteiger partial charge in [0, 0.05) is 12.3 Å². The predicted molar refractivity (Wildman–Crippen MR) is 83.3 cm³/mol. The average Bonchev–Trinajstić information content (AvgIpc) is 3.01. The molecule has 2 N–H and O–H groups in total. The maximum atomic E-state index is 12.5. The number of carbonyl (C=O) groups excluding carboxylic acids is 1. The third-order valence-electron chi connectivity index (χ3n) is 3.26. The molecule has 22 heavy (non-hydrogen) atoms. The van der Waals surface area contributed by atoms with Crippen LogP contribution in [0.3, 0.4) is 0 Å². The normalized spacial score (nSPS) is 12.2. The number of benzene rings is 2. The van der Waals surface area contributed by atoms with Gasteiger partial charge >= 0.3 is 0 Å². The molecule has 3 rings (SSSR count). The number of H-pyrrole nitrogens is 1. The zero-order valence-corrected chi connectivity index (χ0v) is 12.1. The number of aromatic amines is 1. The van der Waals surface area contributed by atoms with E-state index in [9.17, 15) is 4.79 Å². The van der Waals surface area contributed by atoms with Gasteiger partial charge in [-0.15, -0.1) is 0 Å². The second kappa shape index (κ2) is 6.36. The van der Waals surface area contributed by atoms with Crippen LogP contribution in [0, 0.1) is 0 Å². The molecule has 1 aromatic heterocycles. The number of carbonyl (C=O) groups is 1. The van der Waals surface area contributed by atoms with Crippen molar-refractivity contribution in [2.75, 3.05) is 11.9 Å². The highest BCUT2D eigenvalue weighted by molar-refractivity contribution is 5.96. The number of rotatable bonds is 5. The molecule has 0 unspecified atom stereocenters. The van der Waals surface area contributed by atoms with Gasteiger partial charge in [0.2, 0.25) is 0 Å². The van der Waals surface area contributed by atoms with Gasteiger partial charge in [-0.05, 0) is 30.7 Å². The minimum Gasteiger partial charge on any atom is -0.364 e. The van der Waals surface area contributed by atoms with Gasteiger partial charge in [0.05, 0.1) is 0 Å². The summed E-state index contributed by atoms with van der Waals surface area (Å²) < 4.78 is 5.59. The molecule has 0 saturated heterocycles. The van der Waals surface area contributed by atoms with Crippen LogP contribution in [-0.4, -0.2) is 27.9 Å². The van der Waals surface area contributed by atoms with E-state index in [4.69, 9.17) is 4.74 Å². The molecule has 0 radical (unpaired) electrons. The van der Waals surface area contributed by atoms with Crippen LogP contribution in [0.15, 0.2) is 48.5 Å².